The van der Waals surface area contributed by atoms with Gasteiger partial charge in [0.25, 0.3) is 0 Å². The summed E-state index contributed by atoms with van der Waals surface area (Å²) in [5.41, 5.74) is 8.72. The number of aryl methyl sites for hydroxylation is 1. The summed E-state index contributed by atoms with van der Waals surface area (Å²) in [5, 5.41) is 2.82. The van der Waals surface area contributed by atoms with Gasteiger partial charge in [0.1, 0.15) is 6.04 Å². The molecule has 1 atom stereocenters. The Labute approximate surface area is 130 Å². The molecule has 0 aromatic heterocycles. The first-order chi connectivity index (χ1) is 9.56. The van der Waals surface area contributed by atoms with Gasteiger partial charge in [-0.05, 0) is 46.6 Å². The molecule has 2 aromatic rings. The van der Waals surface area contributed by atoms with Gasteiger partial charge in [0.05, 0.1) is 0 Å². The monoisotopic (exact) mass is 348 g/mol. The normalized spacial score (nSPS) is 16.9. The van der Waals surface area contributed by atoms with Gasteiger partial charge >= 0.3 is 0 Å². The molecule has 3 N–H and O–H groups in total. The molecule has 0 aliphatic carbocycles. The highest BCUT2D eigenvalue weighted by atomic mass is 79.9. The number of hydrogen-bond donors (Lipinski definition) is 2. The molecule has 0 spiro atoms. The number of halogens is 1. The number of fused-ring (bicyclic) bond motifs is 1. The molecule has 0 saturated carbocycles. The minimum absolute atomic E-state index is 0.148. The van der Waals surface area contributed by atoms with E-state index in [-0.39, 0.29) is 5.91 Å². The Kier molecular flexibility index (Phi) is 3.58. The molecule has 1 aliphatic rings. The van der Waals surface area contributed by atoms with Crippen LogP contribution in [0, 0.1) is 6.92 Å². The molecule has 0 radical (unpaired) electrons. The molecule has 0 saturated heterocycles. The number of amides is 1. The zero-order valence-corrected chi connectivity index (χ0v) is 13.2. The third kappa shape index (κ3) is 2.37. The van der Waals surface area contributed by atoms with E-state index >= 15 is 0 Å². The van der Waals surface area contributed by atoms with Gasteiger partial charge in [0.2, 0.25) is 5.91 Å². The SMILES string of the molecule is Cc1ccccc1Sc1cc2c(cc1Br)C(N)C(=O)N2. The maximum atomic E-state index is 11.6. The standard InChI is InChI=1S/C15H13BrN2OS/c1-8-4-2-3-5-12(8)20-13-7-11-9(6-10(13)16)14(17)15(19)18-11/h2-7,14H,17H2,1H3,(H,18,19). The topological polar surface area (TPSA) is 55.1 Å². The van der Waals surface area contributed by atoms with E-state index in [0.29, 0.717) is 0 Å². The Morgan fingerprint density at radius 2 is 2.00 bits per heavy atom. The van der Waals surface area contributed by atoms with Crippen molar-refractivity contribution >= 4 is 39.3 Å². The maximum absolute atomic E-state index is 11.6. The Morgan fingerprint density at radius 1 is 1.25 bits per heavy atom. The summed E-state index contributed by atoms with van der Waals surface area (Å²) in [4.78, 5) is 13.9. The highest BCUT2D eigenvalue weighted by Crippen LogP contribution is 2.41. The average molecular weight is 349 g/mol. The van der Waals surface area contributed by atoms with Crippen LogP contribution in [0.25, 0.3) is 0 Å². The second-order valence-electron chi connectivity index (χ2n) is 4.70. The second kappa shape index (κ2) is 5.24. The van der Waals surface area contributed by atoms with Crippen molar-refractivity contribution in [2.24, 2.45) is 5.73 Å². The summed E-state index contributed by atoms with van der Waals surface area (Å²) in [7, 11) is 0. The number of benzene rings is 2. The molecule has 2 aromatic carbocycles. The van der Waals surface area contributed by atoms with Crippen molar-refractivity contribution in [2.75, 3.05) is 5.32 Å². The highest BCUT2D eigenvalue weighted by Gasteiger charge is 2.28. The van der Waals surface area contributed by atoms with Crippen LogP contribution >= 0.6 is 27.7 Å². The largest absolute Gasteiger partial charge is 0.324 e. The fourth-order valence-electron chi connectivity index (χ4n) is 2.15. The van der Waals surface area contributed by atoms with Crippen LogP contribution in [-0.2, 0) is 4.79 Å². The first kappa shape index (κ1) is 13.7. The highest BCUT2D eigenvalue weighted by molar-refractivity contribution is 9.10. The molecule has 0 bridgehead atoms. The number of carbonyl (C=O) groups is 1. The van der Waals surface area contributed by atoms with Crippen molar-refractivity contribution in [1.82, 2.24) is 0 Å². The Bertz CT molecular complexity index is 702. The van der Waals surface area contributed by atoms with Gasteiger partial charge in [0, 0.05) is 25.5 Å². The number of rotatable bonds is 2. The molecule has 1 aliphatic heterocycles. The zero-order chi connectivity index (χ0) is 14.3. The molecule has 0 fully saturated rings. The van der Waals surface area contributed by atoms with Gasteiger partial charge in [-0.2, -0.15) is 0 Å². The van der Waals surface area contributed by atoms with Crippen molar-refractivity contribution < 1.29 is 4.79 Å². The summed E-state index contributed by atoms with van der Waals surface area (Å²) in [5.74, 6) is -0.148. The van der Waals surface area contributed by atoms with Crippen LogP contribution in [0.1, 0.15) is 17.2 Å². The maximum Gasteiger partial charge on any atom is 0.245 e. The summed E-state index contributed by atoms with van der Waals surface area (Å²) < 4.78 is 0.955. The fraction of sp³-hybridized carbons (Fsp3) is 0.133. The van der Waals surface area contributed by atoms with Gasteiger partial charge < -0.3 is 11.1 Å². The predicted molar refractivity (Wildman–Crippen MR) is 85.0 cm³/mol. The Hall–Kier alpha value is -1.30. The third-order valence-corrected chi connectivity index (χ3v) is 5.45. The number of nitrogens with one attached hydrogen (secondary N) is 1. The van der Waals surface area contributed by atoms with E-state index in [1.165, 1.54) is 10.5 Å². The third-order valence-electron chi connectivity index (χ3n) is 3.29. The Balaban J connectivity index is 1.99. The molecule has 1 heterocycles. The minimum Gasteiger partial charge on any atom is -0.324 e. The van der Waals surface area contributed by atoms with Crippen molar-refractivity contribution in [1.29, 1.82) is 0 Å². The van der Waals surface area contributed by atoms with Crippen molar-refractivity contribution in [3.63, 3.8) is 0 Å². The van der Waals surface area contributed by atoms with E-state index in [0.717, 1.165) is 20.6 Å². The first-order valence-corrected chi connectivity index (χ1v) is 7.80. The lowest BCUT2D eigenvalue weighted by molar-refractivity contribution is -0.116. The van der Waals surface area contributed by atoms with Crippen LogP contribution in [0.15, 0.2) is 50.7 Å². The number of nitrogens with two attached hydrogens (primary N) is 1. The summed E-state index contributed by atoms with van der Waals surface area (Å²) >= 11 is 5.23. The lowest BCUT2D eigenvalue weighted by Gasteiger charge is -2.10. The van der Waals surface area contributed by atoms with Crippen LogP contribution in [0.2, 0.25) is 0 Å². The lowest BCUT2D eigenvalue weighted by Crippen LogP contribution is -2.19. The van der Waals surface area contributed by atoms with Crippen LogP contribution in [0.5, 0.6) is 0 Å². The molecule has 20 heavy (non-hydrogen) atoms. The van der Waals surface area contributed by atoms with Crippen molar-refractivity contribution in [2.45, 2.75) is 22.8 Å². The number of carbonyl (C=O) groups excluding carboxylic acids is 1. The van der Waals surface area contributed by atoms with Crippen LogP contribution < -0.4 is 11.1 Å². The summed E-state index contributed by atoms with van der Waals surface area (Å²) in [6.07, 6.45) is 0. The smallest absolute Gasteiger partial charge is 0.245 e. The van der Waals surface area contributed by atoms with Gasteiger partial charge in [-0.15, -0.1) is 0 Å². The fourth-order valence-corrected chi connectivity index (χ4v) is 3.70. The van der Waals surface area contributed by atoms with Crippen LogP contribution in [0.4, 0.5) is 5.69 Å². The quantitative estimate of drug-likeness (QED) is 0.866. The molecule has 1 amide bonds. The molecule has 3 rings (SSSR count). The van der Waals surface area contributed by atoms with Gasteiger partial charge in [-0.25, -0.2) is 0 Å². The summed E-state index contributed by atoms with van der Waals surface area (Å²) in [6, 6.07) is 11.6. The van der Waals surface area contributed by atoms with Crippen molar-refractivity contribution in [3.8, 4) is 0 Å². The van der Waals surface area contributed by atoms with E-state index in [4.69, 9.17) is 5.73 Å². The number of hydrogen-bond acceptors (Lipinski definition) is 3. The van der Waals surface area contributed by atoms with E-state index in [1.807, 2.05) is 24.3 Å². The summed E-state index contributed by atoms with van der Waals surface area (Å²) in [6.45, 7) is 2.08. The predicted octanol–water partition coefficient (Wildman–Crippen LogP) is 3.86. The number of anilines is 1. The molecular weight excluding hydrogens is 336 g/mol. The molecule has 102 valence electrons. The van der Waals surface area contributed by atoms with Crippen molar-refractivity contribution in [3.05, 3.63) is 52.0 Å². The minimum atomic E-state index is -0.571. The van der Waals surface area contributed by atoms with Gasteiger partial charge in [-0.3, -0.25) is 4.79 Å². The van der Waals surface area contributed by atoms with E-state index in [9.17, 15) is 4.79 Å². The van der Waals surface area contributed by atoms with Gasteiger partial charge in [-0.1, -0.05) is 30.0 Å². The zero-order valence-electron chi connectivity index (χ0n) is 10.8. The average Bonchev–Trinajstić information content (AvgIpc) is 2.69. The first-order valence-electron chi connectivity index (χ1n) is 6.19. The van der Waals surface area contributed by atoms with Crippen LogP contribution in [-0.4, -0.2) is 5.91 Å². The van der Waals surface area contributed by atoms with Crippen LogP contribution in [0.3, 0.4) is 0 Å². The van der Waals surface area contributed by atoms with Gasteiger partial charge in [0.15, 0.2) is 0 Å². The van der Waals surface area contributed by atoms with E-state index in [2.05, 4.69) is 40.3 Å². The Morgan fingerprint density at radius 3 is 2.75 bits per heavy atom. The molecule has 5 heteroatoms. The lowest BCUT2D eigenvalue weighted by atomic mass is 10.1. The second-order valence-corrected chi connectivity index (χ2v) is 6.64. The molecule has 1 unspecified atom stereocenters. The van der Waals surface area contributed by atoms with E-state index < -0.39 is 6.04 Å². The molecular formula is C15H13BrN2OS. The molecule has 3 nitrogen and oxygen atoms in total. The van der Waals surface area contributed by atoms with E-state index in [1.54, 1.807) is 11.8 Å².